The number of hydrogen-bond donors (Lipinski definition) is 0. The Bertz CT molecular complexity index is 189. The zero-order valence-corrected chi connectivity index (χ0v) is 11.2. The van der Waals surface area contributed by atoms with Gasteiger partial charge in [-0.25, -0.2) is 0 Å². The summed E-state index contributed by atoms with van der Waals surface area (Å²) >= 11 is 0. The standard InChI is InChI=1S/C14H26O2/c1-7-13(8-2,15-11-5)14(9-3,10-4)16-12-6/h11-12H,5-10H2,1-4H3. The van der Waals surface area contributed by atoms with Gasteiger partial charge in [0.25, 0.3) is 0 Å². The molecule has 0 rings (SSSR count). The first kappa shape index (κ1) is 15.1. The molecule has 0 bridgehead atoms. The zero-order chi connectivity index (χ0) is 12.7. The fourth-order valence-corrected chi connectivity index (χ4v) is 2.66. The molecule has 0 unspecified atom stereocenters. The third kappa shape index (κ3) is 2.42. The Balaban J connectivity index is 5.36. The summed E-state index contributed by atoms with van der Waals surface area (Å²) in [5.41, 5.74) is -0.626. The van der Waals surface area contributed by atoms with Crippen molar-refractivity contribution < 1.29 is 9.47 Å². The van der Waals surface area contributed by atoms with E-state index in [4.69, 9.17) is 9.47 Å². The fourth-order valence-electron chi connectivity index (χ4n) is 2.66. The lowest BCUT2D eigenvalue weighted by molar-refractivity contribution is -0.167. The maximum Gasteiger partial charge on any atom is 0.147 e. The molecule has 0 heterocycles. The van der Waals surface area contributed by atoms with Crippen LogP contribution in [0.1, 0.15) is 53.4 Å². The van der Waals surface area contributed by atoms with Crippen molar-refractivity contribution in [3.8, 4) is 0 Å². The summed E-state index contributed by atoms with van der Waals surface area (Å²) in [7, 11) is 0. The van der Waals surface area contributed by atoms with Crippen molar-refractivity contribution >= 4 is 0 Å². The molecular formula is C14H26O2. The normalized spacial score (nSPS) is 12.0. The molecule has 0 N–H and O–H groups in total. The summed E-state index contributed by atoms with van der Waals surface area (Å²) < 4.78 is 11.6. The third-order valence-electron chi connectivity index (χ3n) is 3.73. The van der Waals surface area contributed by atoms with Crippen molar-refractivity contribution in [2.45, 2.75) is 64.6 Å². The second kappa shape index (κ2) is 6.62. The maximum atomic E-state index is 5.82. The smallest absolute Gasteiger partial charge is 0.147 e. The highest BCUT2D eigenvalue weighted by molar-refractivity contribution is 5.02. The van der Waals surface area contributed by atoms with E-state index in [0.717, 1.165) is 25.7 Å². The molecule has 16 heavy (non-hydrogen) atoms. The van der Waals surface area contributed by atoms with E-state index in [2.05, 4.69) is 40.9 Å². The Morgan fingerprint density at radius 1 is 0.750 bits per heavy atom. The third-order valence-corrected chi connectivity index (χ3v) is 3.73. The number of hydrogen-bond acceptors (Lipinski definition) is 2. The van der Waals surface area contributed by atoms with E-state index in [-0.39, 0.29) is 11.2 Å². The molecule has 2 heteroatoms. The van der Waals surface area contributed by atoms with Gasteiger partial charge in [-0.3, -0.25) is 0 Å². The first-order chi connectivity index (χ1) is 7.61. The molecule has 0 aromatic heterocycles. The Kier molecular flexibility index (Phi) is 6.24. The van der Waals surface area contributed by atoms with Crippen molar-refractivity contribution in [2.24, 2.45) is 0 Å². The minimum atomic E-state index is -0.313. The van der Waals surface area contributed by atoms with Gasteiger partial charge in [-0.2, -0.15) is 0 Å². The molecule has 0 aliphatic heterocycles. The van der Waals surface area contributed by atoms with Crippen molar-refractivity contribution in [1.29, 1.82) is 0 Å². The average Bonchev–Trinajstić information content (AvgIpc) is 2.33. The van der Waals surface area contributed by atoms with Gasteiger partial charge in [0, 0.05) is 0 Å². The highest BCUT2D eigenvalue weighted by atomic mass is 16.6. The second-order valence-electron chi connectivity index (χ2n) is 3.97. The average molecular weight is 226 g/mol. The lowest BCUT2D eigenvalue weighted by atomic mass is 9.74. The Morgan fingerprint density at radius 2 is 1.00 bits per heavy atom. The first-order valence-electron chi connectivity index (χ1n) is 6.19. The molecule has 0 aromatic rings. The van der Waals surface area contributed by atoms with E-state index < -0.39 is 0 Å². The predicted molar refractivity (Wildman–Crippen MR) is 69.2 cm³/mol. The van der Waals surface area contributed by atoms with E-state index >= 15 is 0 Å². The molecule has 0 atom stereocenters. The van der Waals surface area contributed by atoms with Crippen molar-refractivity contribution in [1.82, 2.24) is 0 Å². The highest BCUT2D eigenvalue weighted by Gasteiger charge is 2.50. The second-order valence-corrected chi connectivity index (χ2v) is 3.97. The van der Waals surface area contributed by atoms with Crippen LogP contribution in [0.25, 0.3) is 0 Å². The van der Waals surface area contributed by atoms with E-state index in [1.807, 2.05) is 0 Å². The minimum absolute atomic E-state index is 0.313. The topological polar surface area (TPSA) is 18.5 Å². The molecule has 94 valence electrons. The lowest BCUT2D eigenvalue weighted by Gasteiger charge is -2.47. The molecule has 0 saturated carbocycles. The number of ether oxygens (including phenoxy) is 2. The molecular weight excluding hydrogens is 200 g/mol. The Hall–Kier alpha value is -0.920. The quantitative estimate of drug-likeness (QED) is 0.542. The molecule has 0 saturated heterocycles. The van der Waals surface area contributed by atoms with Gasteiger partial charge in [-0.15, -0.1) is 0 Å². The van der Waals surface area contributed by atoms with E-state index in [9.17, 15) is 0 Å². The van der Waals surface area contributed by atoms with Gasteiger partial charge >= 0.3 is 0 Å². The summed E-state index contributed by atoms with van der Waals surface area (Å²) in [6, 6.07) is 0. The van der Waals surface area contributed by atoms with Gasteiger partial charge in [-0.05, 0) is 25.7 Å². The maximum absolute atomic E-state index is 5.82. The Labute approximate surface area is 100 Å². The van der Waals surface area contributed by atoms with Crippen LogP contribution in [0.15, 0.2) is 25.7 Å². The van der Waals surface area contributed by atoms with Crippen molar-refractivity contribution in [2.75, 3.05) is 0 Å². The first-order valence-corrected chi connectivity index (χ1v) is 6.19. The molecule has 0 radical (unpaired) electrons. The van der Waals surface area contributed by atoms with Crippen LogP contribution in [0.3, 0.4) is 0 Å². The van der Waals surface area contributed by atoms with Crippen LogP contribution in [0.5, 0.6) is 0 Å². The SMILES string of the molecule is C=COC(CC)(CC)C(CC)(CC)OC=C. The van der Waals surface area contributed by atoms with Crippen LogP contribution in [-0.4, -0.2) is 11.2 Å². The van der Waals surface area contributed by atoms with E-state index in [1.54, 1.807) is 0 Å². The van der Waals surface area contributed by atoms with Crippen molar-refractivity contribution in [3.63, 3.8) is 0 Å². The molecule has 0 aromatic carbocycles. The lowest BCUT2D eigenvalue weighted by Crippen LogP contribution is -2.55. The zero-order valence-electron chi connectivity index (χ0n) is 11.2. The monoisotopic (exact) mass is 226 g/mol. The molecule has 0 fully saturated rings. The summed E-state index contributed by atoms with van der Waals surface area (Å²) in [5, 5.41) is 0. The summed E-state index contributed by atoms with van der Waals surface area (Å²) in [6.07, 6.45) is 6.63. The van der Waals surface area contributed by atoms with E-state index in [0.29, 0.717) is 0 Å². The Morgan fingerprint density at radius 3 is 1.12 bits per heavy atom. The molecule has 2 nitrogen and oxygen atoms in total. The summed E-state index contributed by atoms with van der Waals surface area (Å²) in [5.74, 6) is 0. The number of rotatable bonds is 9. The van der Waals surface area contributed by atoms with E-state index in [1.165, 1.54) is 12.5 Å². The van der Waals surface area contributed by atoms with Gasteiger partial charge in [0.1, 0.15) is 11.2 Å². The van der Waals surface area contributed by atoms with Gasteiger partial charge in [0.15, 0.2) is 0 Å². The summed E-state index contributed by atoms with van der Waals surface area (Å²) in [6.45, 7) is 15.9. The summed E-state index contributed by atoms with van der Waals surface area (Å²) in [4.78, 5) is 0. The van der Waals surface area contributed by atoms with Crippen LogP contribution >= 0.6 is 0 Å². The molecule has 0 spiro atoms. The van der Waals surface area contributed by atoms with Gasteiger partial charge in [0.2, 0.25) is 0 Å². The minimum Gasteiger partial charge on any atom is -0.491 e. The van der Waals surface area contributed by atoms with Crippen LogP contribution in [0, 0.1) is 0 Å². The van der Waals surface area contributed by atoms with Gasteiger partial charge < -0.3 is 9.47 Å². The molecule has 0 aliphatic rings. The predicted octanol–water partition coefficient (Wildman–Crippen LogP) is 4.42. The van der Waals surface area contributed by atoms with Crippen LogP contribution in [0.2, 0.25) is 0 Å². The highest BCUT2D eigenvalue weighted by Crippen LogP contribution is 2.41. The molecule has 0 aliphatic carbocycles. The van der Waals surface area contributed by atoms with Crippen LogP contribution in [0.4, 0.5) is 0 Å². The molecule has 0 amide bonds. The van der Waals surface area contributed by atoms with Crippen LogP contribution < -0.4 is 0 Å². The largest absolute Gasteiger partial charge is 0.491 e. The van der Waals surface area contributed by atoms with Crippen molar-refractivity contribution in [3.05, 3.63) is 25.7 Å². The van der Waals surface area contributed by atoms with Crippen LogP contribution in [-0.2, 0) is 9.47 Å². The van der Waals surface area contributed by atoms with Gasteiger partial charge in [-0.1, -0.05) is 40.9 Å². The fraction of sp³-hybridized carbons (Fsp3) is 0.714. The van der Waals surface area contributed by atoms with Gasteiger partial charge in [0.05, 0.1) is 12.5 Å².